The van der Waals surface area contributed by atoms with Gasteiger partial charge in [0.1, 0.15) is 5.75 Å². The number of carbonyl (C=O) groups is 1. The average molecular weight is 290 g/mol. The summed E-state index contributed by atoms with van der Waals surface area (Å²) >= 11 is 0. The molecule has 0 radical (unpaired) electrons. The van der Waals surface area contributed by atoms with Crippen molar-refractivity contribution in [2.24, 2.45) is 11.8 Å². The largest absolute Gasteiger partial charge is 0.494 e. The van der Waals surface area contributed by atoms with Crippen LogP contribution in [0.15, 0.2) is 24.3 Å². The van der Waals surface area contributed by atoms with Crippen molar-refractivity contribution in [2.75, 3.05) is 25.0 Å². The summed E-state index contributed by atoms with van der Waals surface area (Å²) in [4.78, 5) is 11.7. The third-order valence-electron chi connectivity index (χ3n) is 3.52. The first-order valence-corrected chi connectivity index (χ1v) is 7.87. The molecule has 0 heterocycles. The number of ether oxygens (including phenoxy) is 1. The number of hydrogen-bond acceptors (Lipinski definition) is 3. The standard InChI is InChI=1S/C17H26N2O2/c1-13(2)9-10-21-16-7-5-15(6-8-16)19-17(20)12-18-11-14-3-4-14/h5-8,13-14,18H,3-4,9-12H2,1-2H3,(H,19,20). The van der Waals surface area contributed by atoms with Gasteiger partial charge in [0.25, 0.3) is 0 Å². The number of nitrogens with one attached hydrogen (secondary N) is 2. The molecule has 4 heteroatoms. The lowest BCUT2D eigenvalue weighted by Gasteiger charge is -2.10. The second kappa shape index (κ2) is 8.03. The number of benzene rings is 1. The molecule has 2 rings (SSSR count). The van der Waals surface area contributed by atoms with E-state index in [4.69, 9.17) is 4.74 Å². The second-order valence-corrected chi connectivity index (χ2v) is 6.18. The van der Waals surface area contributed by atoms with Crippen LogP contribution in [0.3, 0.4) is 0 Å². The minimum absolute atomic E-state index is 0.00382. The van der Waals surface area contributed by atoms with Crippen molar-refractivity contribution >= 4 is 11.6 Å². The average Bonchev–Trinajstić information content (AvgIpc) is 3.24. The van der Waals surface area contributed by atoms with E-state index in [1.165, 1.54) is 12.8 Å². The van der Waals surface area contributed by atoms with E-state index < -0.39 is 0 Å². The summed E-state index contributed by atoms with van der Waals surface area (Å²) in [6, 6.07) is 7.55. The first kappa shape index (κ1) is 15.8. The Labute approximate surface area is 127 Å². The van der Waals surface area contributed by atoms with Crippen LogP contribution in [0.25, 0.3) is 0 Å². The zero-order chi connectivity index (χ0) is 15.1. The molecule has 0 aliphatic heterocycles. The van der Waals surface area contributed by atoms with Gasteiger partial charge in [0.2, 0.25) is 5.91 Å². The molecule has 2 N–H and O–H groups in total. The van der Waals surface area contributed by atoms with Crippen LogP contribution in [0.5, 0.6) is 5.75 Å². The van der Waals surface area contributed by atoms with Gasteiger partial charge < -0.3 is 15.4 Å². The van der Waals surface area contributed by atoms with Crippen molar-refractivity contribution in [1.82, 2.24) is 5.32 Å². The molecule has 1 aliphatic carbocycles. The molecule has 4 nitrogen and oxygen atoms in total. The van der Waals surface area contributed by atoms with Gasteiger partial charge in [0.15, 0.2) is 0 Å². The van der Waals surface area contributed by atoms with E-state index in [0.717, 1.165) is 36.9 Å². The zero-order valence-electron chi connectivity index (χ0n) is 13.0. The van der Waals surface area contributed by atoms with E-state index in [1.807, 2.05) is 24.3 Å². The number of amides is 1. The number of rotatable bonds is 9. The predicted molar refractivity (Wildman–Crippen MR) is 85.6 cm³/mol. The van der Waals surface area contributed by atoms with Crippen LogP contribution < -0.4 is 15.4 Å². The number of hydrogen-bond donors (Lipinski definition) is 2. The van der Waals surface area contributed by atoms with Crippen LogP contribution in [-0.4, -0.2) is 25.6 Å². The number of carbonyl (C=O) groups excluding carboxylic acids is 1. The lowest BCUT2D eigenvalue weighted by atomic mass is 10.1. The van der Waals surface area contributed by atoms with E-state index in [0.29, 0.717) is 12.5 Å². The maximum absolute atomic E-state index is 11.7. The van der Waals surface area contributed by atoms with Gasteiger partial charge in [-0.1, -0.05) is 13.8 Å². The Morgan fingerprint density at radius 1 is 1.29 bits per heavy atom. The smallest absolute Gasteiger partial charge is 0.238 e. The van der Waals surface area contributed by atoms with Crippen LogP contribution in [0.4, 0.5) is 5.69 Å². The molecule has 0 unspecified atom stereocenters. The second-order valence-electron chi connectivity index (χ2n) is 6.18. The van der Waals surface area contributed by atoms with Crippen molar-refractivity contribution in [2.45, 2.75) is 33.1 Å². The van der Waals surface area contributed by atoms with Gasteiger partial charge in [-0.05, 0) is 61.9 Å². The fraction of sp³-hybridized carbons (Fsp3) is 0.588. The molecule has 0 saturated heterocycles. The van der Waals surface area contributed by atoms with Crippen molar-refractivity contribution < 1.29 is 9.53 Å². The summed E-state index contributed by atoms with van der Waals surface area (Å²) in [6.07, 6.45) is 3.64. The fourth-order valence-electron chi connectivity index (χ4n) is 1.96. The van der Waals surface area contributed by atoms with Crippen LogP contribution >= 0.6 is 0 Å². The Morgan fingerprint density at radius 2 is 2.00 bits per heavy atom. The Kier molecular flexibility index (Phi) is 6.05. The summed E-state index contributed by atoms with van der Waals surface area (Å²) in [5.74, 6) is 2.29. The van der Waals surface area contributed by atoms with Gasteiger partial charge in [-0.25, -0.2) is 0 Å². The molecule has 1 aromatic carbocycles. The molecule has 1 aromatic rings. The summed E-state index contributed by atoms with van der Waals surface area (Å²) in [5.41, 5.74) is 0.810. The highest BCUT2D eigenvalue weighted by atomic mass is 16.5. The SMILES string of the molecule is CC(C)CCOc1ccc(NC(=O)CNCC2CC2)cc1. The first-order chi connectivity index (χ1) is 10.1. The van der Waals surface area contributed by atoms with Crippen molar-refractivity contribution in [3.63, 3.8) is 0 Å². The van der Waals surface area contributed by atoms with E-state index in [-0.39, 0.29) is 5.91 Å². The monoisotopic (exact) mass is 290 g/mol. The third kappa shape index (κ3) is 6.63. The van der Waals surface area contributed by atoms with E-state index in [1.54, 1.807) is 0 Å². The Bertz CT molecular complexity index is 439. The molecule has 0 atom stereocenters. The molecule has 21 heavy (non-hydrogen) atoms. The van der Waals surface area contributed by atoms with Gasteiger partial charge in [-0.15, -0.1) is 0 Å². The summed E-state index contributed by atoms with van der Waals surface area (Å²) in [6.45, 7) is 6.42. The van der Waals surface area contributed by atoms with Gasteiger partial charge in [-0.3, -0.25) is 4.79 Å². The topological polar surface area (TPSA) is 50.4 Å². The van der Waals surface area contributed by atoms with E-state index in [2.05, 4.69) is 24.5 Å². The summed E-state index contributed by atoms with van der Waals surface area (Å²) < 4.78 is 5.65. The number of anilines is 1. The third-order valence-corrected chi connectivity index (χ3v) is 3.52. The highest BCUT2D eigenvalue weighted by Crippen LogP contribution is 2.27. The molecule has 1 fully saturated rings. The van der Waals surface area contributed by atoms with Crippen LogP contribution in [0, 0.1) is 11.8 Å². The molecular weight excluding hydrogens is 264 g/mol. The van der Waals surface area contributed by atoms with Crippen molar-refractivity contribution in [3.8, 4) is 5.75 Å². The molecule has 1 aliphatic rings. The Hall–Kier alpha value is -1.55. The van der Waals surface area contributed by atoms with E-state index in [9.17, 15) is 4.79 Å². The Balaban J connectivity index is 1.66. The molecule has 0 aromatic heterocycles. The lowest BCUT2D eigenvalue weighted by Crippen LogP contribution is -2.29. The zero-order valence-corrected chi connectivity index (χ0v) is 13.0. The van der Waals surface area contributed by atoms with Crippen LogP contribution in [0.2, 0.25) is 0 Å². The van der Waals surface area contributed by atoms with Crippen molar-refractivity contribution in [3.05, 3.63) is 24.3 Å². The van der Waals surface area contributed by atoms with Gasteiger partial charge in [-0.2, -0.15) is 0 Å². The molecule has 1 saturated carbocycles. The minimum Gasteiger partial charge on any atom is -0.494 e. The first-order valence-electron chi connectivity index (χ1n) is 7.87. The molecule has 0 bridgehead atoms. The summed E-state index contributed by atoms with van der Waals surface area (Å²) in [7, 11) is 0. The van der Waals surface area contributed by atoms with Crippen LogP contribution in [0.1, 0.15) is 33.1 Å². The normalized spacial score (nSPS) is 14.2. The maximum Gasteiger partial charge on any atom is 0.238 e. The maximum atomic E-state index is 11.7. The predicted octanol–water partition coefficient (Wildman–Crippen LogP) is 3.05. The molecule has 116 valence electrons. The molecular formula is C17H26N2O2. The molecule has 1 amide bonds. The minimum atomic E-state index is 0.00382. The highest BCUT2D eigenvalue weighted by molar-refractivity contribution is 5.92. The fourth-order valence-corrected chi connectivity index (χ4v) is 1.96. The van der Waals surface area contributed by atoms with Crippen molar-refractivity contribution in [1.29, 1.82) is 0 Å². The van der Waals surface area contributed by atoms with E-state index >= 15 is 0 Å². The quantitative estimate of drug-likeness (QED) is 0.735. The van der Waals surface area contributed by atoms with Gasteiger partial charge in [0.05, 0.1) is 13.2 Å². The summed E-state index contributed by atoms with van der Waals surface area (Å²) in [5, 5.41) is 6.06. The Morgan fingerprint density at radius 3 is 2.62 bits per heavy atom. The van der Waals surface area contributed by atoms with Gasteiger partial charge >= 0.3 is 0 Å². The van der Waals surface area contributed by atoms with Crippen LogP contribution in [-0.2, 0) is 4.79 Å². The molecule has 0 spiro atoms. The lowest BCUT2D eigenvalue weighted by molar-refractivity contribution is -0.115. The highest BCUT2D eigenvalue weighted by Gasteiger charge is 2.20. The van der Waals surface area contributed by atoms with Gasteiger partial charge in [0, 0.05) is 5.69 Å².